The van der Waals surface area contributed by atoms with Crippen LogP contribution in [0.25, 0.3) is 0 Å². The van der Waals surface area contributed by atoms with Gasteiger partial charge in [-0.15, -0.1) is 0 Å². The van der Waals surface area contributed by atoms with Crippen molar-refractivity contribution < 1.29 is 24.9 Å². The Hall–Kier alpha value is -1.38. The van der Waals surface area contributed by atoms with Crippen LogP contribution >= 0.6 is 0 Å². The number of nitrogens with zero attached hydrogens (tertiary/aromatic N) is 2. The summed E-state index contributed by atoms with van der Waals surface area (Å²) in [5.74, 6) is -1.14. The number of hydrazine groups is 1. The summed E-state index contributed by atoms with van der Waals surface area (Å²) in [5, 5.41) is 29.7. The number of amides is 1. The lowest BCUT2D eigenvalue weighted by Crippen LogP contribution is -2.51. The van der Waals surface area contributed by atoms with Gasteiger partial charge in [-0.05, 0) is 19.3 Å². The molecule has 0 radical (unpaired) electrons. The first-order valence-electron chi connectivity index (χ1n) is 5.83. The molecule has 104 valence electrons. The van der Waals surface area contributed by atoms with Crippen LogP contribution in [-0.4, -0.2) is 69.2 Å². The summed E-state index contributed by atoms with van der Waals surface area (Å²) in [6.45, 7) is 0.921. The molecule has 5 N–H and O–H groups in total. The fraction of sp³-hybridized carbons (Fsp3) is 0.800. The van der Waals surface area contributed by atoms with Crippen molar-refractivity contribution in [2.45, 2.75) is 31.4 Å². The Morgan fingerprint density at radius 2 is 1.89 bits per heavy atom. The summed E-state index contributed by atoms with van der Waals surface area (Å²) in [7, 11) is 0. The van der Waals surface area contributed by atoms with Crippen molar-refractivity contribution >= 4 is 12.1 Å². The smallest absolute Gasteiger partial charge is 0.421 e. The van der Waals surface area contributed by atoms with Crippen LogP contribution in [0.1, 0.15) is 19.3 Å². The first-order chi connectivity index (χ1) is 8.41. The topological polar surface area (TPSA) is 127 Å². The molecule has 1 aliphatic heterocycles. The minimum Gasteiger partial charge on any atom is -0.480 e. The highest BCUT2D eigenvalue weighted by atomic mass is 16.4. The molecule has 1 amide bonds. The average molecular weight is 261 g/mol. The normalized spacial score (nSPS) is 19.4. The molecule has 1 aliphatic rings. The Balaban J connectivity index is 2.50. The van der Waals surface area contributed by atoms with E-state index in [9.17, 15) is 14.7 Å². The second-order valence-corrected chi connectivity index (χ2v) is 4.32. The van der Waals surface area contributed by atoms with Gasteiger partial charge in [0.2, 0.25) is 0 Å². The number of carbonyl (C=O) groups is 2. The van der Waals surface area contributed by atoms with E-state index in [0.717, 1.165) is 5.01 Å². The fourth-order valence-corrected chi connectivity index (χ4v) is 1.84. The summed E-state index contributed by atoms with van der Waals surface area (Å²) in [6.07, 6.45) is -0.452. The second kappa shape index (κ2) is 6.53. The number of nitrogens with two attached hydrogens (primary N) is 1. The van der Waals surface area contributed by atoms with Crippen molar-refractivity contribution in [3.05, 3.63) is 0 Å². The zero-order valence-corrected chi connectivity index (χ0v) is 10.0. The molecule has 1 rings (SSSR count). The molecule has 0 aromatic rings. The maximum atomic E-state index is 11.1. The summed E-state index contributed by atoms with van der Waals surface area (Å²) in [6, 6.07) is -1.07. The molecule has 1 fully saturated rings. The van der Waals surface area contributed by atoms with Crippen molar-refractivity contribution in [3.8, 4) is 0 Å². The largest absolute Gasteiger partial charge is 0.480 e. The third-order valence-electron chi connectivity index (χ3n) is 2.97. The zero-order chi connectivity index (χ0) is 13.7. The monoisotopic (exact) mass is 261 g/mol. The molecule has 8 heteroatoms. The summed E-state index contributed by atoms with van der Waals surface area (Å²) >= 11 is 0. The van der Waals surface area contributed by atoms with Gasteiger partial charge < -0.3 is 21.1 Å². The predicted molar refractivity (Wildman–Crippen MR) is 61.8 cm³/mol. The van der Waals surface area contributed by atoms with Crippen molar-refractivity contribution in [2.24, 2.45) is 5.73 Å². The molecule has 1 atom stereocenters. The molecule has 0 aliphatic carbocycles. The van der Waals surface area contributed by atoms with Crippen LogP contribution in [0.2, 0.25) is 0 Å². The Kier molecular flexibility index (Phi) is 5.32. The van der Waals surface area contributed by atoms with Gasteiger partial charge in [0.25, 0.3) is 0 Å². The third-order valence-corrected chi connectivity index (χ3v) is 2.97. The van der Waals surface area contributed by atoms with Crippen molar-refractivity contribution in [2.75, 3.05) is 19.6 Å². The van der Waals surface area contributed by atoms with Crippen LogP contribution < -0.4 is 5.73 Å². The van der Waals surface area contributed by atoms with Crippen LogP contribution in [0.3, 0.4) is 0 Å². The molecule has 0 bridgehead atoms. The molecule has 8 nitrogen and oxygen atoms in total. The minimum absolute atomic E-state index is 0.0406. The van der Waals surface area contributed by atoms with Crippen LogP contribution in [0.15, 0.2) is 0 Å². The number of aliphatic carboxylic acids is 1. The van der Waals surface area contributed by atoms with Crippen molar-refractivity contribution in [1.82, 2.24) is 10.0 Å². The summed E-state index contributed by atoms with van der Waals surface area (Å²) in [5.41, 5.74) is 5.34. The molecule has 0 unspecified atom stereocenters. The fourth-order valence-electron chi connectivity index (χ4n) is 1.84. The quantitative estimate of drug-likeness (QED) is 0.507. The highest BCUT2D eigenvalue weighted by molar-refractivity contribution is 5.73. The zero-order valence-electron chi connectivity index (χ0n) is 10.0. The summed E-state index contributed by atoms with van der Waals surface area (Å²) < 4.78 is 0. The Bertz CT molecular complexity index is 304. The highest BCUT2D eigenvalue weighted by Gasteiger charge is 2.26. The van der Waals surface area contributed by atoms with Gasteiger partial charge in [0.15, 0.2) is 0 Å². The first kappa shape index (κ1) is 14.7. The second-order valence-electron chi connectivity index (χ2n) is 4.32. The molecule has 1 saturated heterocycles. The standard InChI is InChI=1S/C10H19N3O5/c11-8(9(15)16)3-6-13(10(17)18)12-4-1-7(14)2-5-12/h7-8,14H,1-6,11H2,(H,15,16)(H,17,18)/t8-/m0/s1. The van der Waals surface area contributed by atoms with E-state index in [-0.39, 0.29) is 13.0 Å². The maximum absolute atomic E-state index is 11.1. The maximum Gasteiger partial charge on any atom is 0.421 e. The van der Waals surface area contributed by atoms with Crippen LogP contribution in [0.5, 0.6) is 0 Å². The van der Waals surface area contributed by atoms with Gasteiger partial charge in [-0.3, -0.25) is 4.79 Å². The van der Waals surface area contributed by atoms with E-state index in [1.54, 1.807) is 5.01 Å². The average Bonchev–Trinajstić information content (AvgIpc) is 2.30. The molecular formula is C10H19N3O5. The molecule has 0 spiro atoms. The Labute approximate surface area is 105 Å². The van der Waals surface area contributed by atoms with Gasteiger partial charge in [0.05, 0.1) is 6.10 Å². The van der Waals surface area contributed by atoms with Gasteiger partial charge in [0.1, 0.15) is 6.04 Å². The predicted octanol–water partition coefficient (Wildman–Crippen LogP) is -0.860. The number of rotatable bonds is 5. The number of piperidine rings is 1. The van der Waals surface area contributed by atoms with Gasteiger partial charge in [-0.25, -0.2) is 14.8 Å². The first-order valence-corrected chi connectivity index (χ1v) is 5.83. The van der Waals surface area contributed by atoms with Gasteiger partial charge >= 0.3 is 12.1 Å². The van der Waals surface area contributed by atoms with Crippen LogP contribution in [0.4, 0.5) is 4.79 Å². The number of hydrogen-bond donors (Lipinski definition) is 4. The summed E-state index contributed by atoms with van der Waals surface area (Å²) in [4.78, 5) is 21.7. The molecule has 18 heavy (non-hydrogen) atoms. The highest BCUT2D eigenvalue weighted by Crippen LogP contribution is 2.13. The molecule has 0 aromatic heterocycles. The lowest BCUT2D eigenvalue weighted by Gasteiger charge is -2.37. The molecular weight excluding hydrogens is 242 g/mol. The Morgan fingerprint density at radius 1 is 1.33 bits per heavy atom. The van der Waals surface area contributed by atoms with Crippen molar-refractivity contribution in [3.63, 3.8) is 0 Å². The third kappa shape index (κ3) is 4.13. The number of aliphatic hydroxyl groups excluding tert-OH is 1. The van der Waals surface area contributed by atoms with E-state index in [4.69, 9.17) is 15.9 Å². The van der Waals surface area contributed by atoms with E-state index >= 15 is 0 Å². The van der Waals surface area contributed by atoms with Gasteiger partial charge in [0, 0.05) is 19.6 Å². The van der Waals surface area contributed by atoms with Crippen LogP contribution in [-0.2, 0) is 4.79 Å². The van der Waals surface area contributed by atoms with Crippen molar-refractivity contribution in [1.29, 1.82) is 0 Å². The van der Waals surface area contributed by atoms with E-state index < -0.39 is 24.2 Å². The van der Waals surface area contributed by atoms with E-state index in [2.05, 4.69) is 0 Å². The Morgan fingerprint density at radius 3 is 2.33 bits per heavy atom. The SMILES string of the molecule is N[C@@H](CCN(C(=O)O)N1CCC(O)CC1)C(=O)O. The van der Waals surface area contributed by atoms with Gasteiger partial charge in [-0.2, -0.15) is 0 Å². The molecule has 0 aromatic carbocycles. The number of aliphatic hydroxyl groups is 1. The van der Waals surface area contributed by atoms with E-state index in [1.807, 2.05) is 0 Å². The van der Waals surface area contributed by atoms with E-state index in [0.29, 0.717) is 25.9 Å². The number of carboxylic acid groups (broad SMARTS) is 2. The van der Waals surface area contributed by atoms with E-state index in [1.165, 1.54) is 0 Å². The van der Waals surface area contributed by atoms with Gasteiger partial charge in [-0.1, -0.05) is 0 Å². The minimum atomic E-state index is -1.14. The number of carboxylic acids is 1. The lowest BCUT2D eigenvalue weighted by atomic mass is 10.1. The molecule has 1 heterocycles. The lowest BCUT2D eigenvalue weighted by molar-refractivity contribution is -0.139. The number of hydrogen-bond acceptors (Lipinski definition) is 5. The molecule has 0 saturated carbocycles. The van der Waals surface area contributed by atoms with Crippen LogP contribution in [0, 0.1) is 0 Å².